The molecule has 0 aliphatic carbocycles. The van der Waals surface area contributed by atoms with Gasteiger partial charge >= 0.3 is 6.18 Å². The van der Waals surface area contributed by atoms with Gasteiger partial charge in [-0.15, -0.1) is 0 Å². The third-order valence-corrected chi connectivity index (χ3v) is 4.75. The summed E-state index contributed by atoms with van der Waals surface area (Å²) in [6.45, 7) is 5.55. The maximum Gasteiger partial charge on any atom is 0.433 e. The molecule has 0 fully saturated rings. The lowest BCUT2D eigenvalue weighted by Gasteiger charge is -2.10. The van der Waals surface area contributed by atoms with Crippen LogP contribution in [0.2, 0.25) is 0 Å². The Hall–Kier alpha value is -3.42. The summed E-state index contributed by atoms with van der Waals surface area (Å²) in [6.07, 6.45) is -3.41. The van der Waals surface area contributed by atoms with E-state index in [1.807, 2.05) is 50.2 Å². The zero-order chi connectivity index (χ0) is 20.8. The average molecular weight is 397 g/mol. The van der Waals surface area contributed by atoms with Gasteiger partial charge in [-0.05, 0) is 32.9 Å². The number of alkyl halides is 3. The molecule has 5 nitrogen and oxygen atoms in total. The molecule has 0 atom stereocenters. The van der Waals surface area contributed by atoms with Crippen molar-refractivity contribution in [3.63, 3.8) is 0 Å². The first kappa shape index (κ1) is 18.9. The zero-order valence-corrected chi connectivity index (χ0v) is 16.0. The van der Waals surface area contributed by atoms with Gasteiger partial charge in [0.25, 0.3) is 0 Å². The molecule has 1 N–H and O–H groups in total. The summed E-state index contributed by atoms with van der Waals surface area (Å²) in [5.74, 6) is 0.625. The number of hydrogen-bond donors (Lipinski definition) is 1. The van der Waals surface area contributed by atoms with E-state index in [1.165, 1.54) is 0 Å². The summed E-state index contributed by atoms with van der Waals surface area (Å²) in [5.41, 5.74) is 3.96. The molecule has 0 amide bonds. The molecule has 0 spiro atoms. The van der Waals surface area contributed by atoms with Crippen molar-refractivity contribution in [3.05, 3.63) is 71.4 Å². The SMILES string of the molecule is Cc1[nH]c(-c2cc(C)n(-c3nccc(C(F)(F)F)n3)c2C)nc1-c1ccccc1. The number of halogens is 3. The van der Waals surface area contributed by atoms with Crippen molar-refractivity contribution in [1.29, 1.82) is 0 Å². The number of aryl methyl sites for hydroxylation is 2. The standard InChI is InChI=1S/C21H18F3N5/c1-12-11-16(19-26-13(2)18(28-19)15-7-5-4-6-8-15)14(3)29(12)20-25-10-9-17(27-20)21(22,23)24/h4-11H,1-3H3,(H,26,28). The monoisotopic (exact) mass is 397 g/mol. The minimum absolute atomic E-state index is 0.0207. The van der Waals surface area contributed by atoms with E-state index in [2.05, 4.69) is 15.0 Å². The van der Waals surface area contributed by atoms with Gasteiger partial charge in [-0.3, -0.25) is 4.57 Å². The number of nitrogens with zero attached hydrogens (tertiary/aromatic N) is 4. The Labute approximate surface area is 165 Å². The fourth-order valence-corrected chi connectivity index (χ4v) is 3.39. The number of hydrogen-bond acceptors (Lipinski definition) is 3. The Balaban J connectivity index is 1.80. The highest BCUT2D eigenvalue weighted by Crippen LogP contribution is 2.31. The molecule has 3 aromatic heterocycles. The van der Waals surface area contributed by atoms with E-state index in [4.69, 9.17) is 4.98 Å². The summed E-state index contributed by atoms with van der Waals surface area (Å²) in [6, 6.07) is 12.5. The first-order valence-corrected chi connectivity index (χ1v) is 8.97. The molecular formula is C21H18F3N5. The fraction of sp³-hybridized carbons (Fsp3) is 0.190. The molecule has 0 bridgehead atoms. The van der Waals surface area contributed by atoms with E-state index < -0.39 is 11.9 Å². The molecule has 1 aromatic carbocycles. The highest BCUT2D eigenvalue weighted by Gasteiger charge is 2.33. The molecule has 4 aromatic rings. The van der Waals surface area contributed by atoms with Crippen LogP contribution < -0.4 is 0 Å². The van der Waals surface area contributed by atoms with Crippen molar-refractivity contribution in [2.24, 2.45) is 0 Å². The summed E-state index contributed by atoms with van der Waals surface area (Å²) in [5, 5.41) is 0. The van der Waals surface area contributed by atoms with Crippen LogP contribution in [-0.2, 0) is 6.18 Å². The highest BCUT2D eigenvalue weighted by atomic mass is 19.4. The Bertz CT molecular complexity index is 1170. The normalized spacial score (nSPS) is 11.8. The van der Waals surface area contributed by atoms with E-state index in [9.17, 15) is 13.2 Å². The van der Waals surface area contributed by atoms with Gasteiger partial charge in [-0.1, -0.05) is 30.3 Å². The van der Waals surface area contributed by atoms with Gasteiger partial charge in [-0.25, -0.2) is 15.0 Å². The molecule has 0 radical (unpaired) electrons. The highest BCUT2D eigenvalue weighted by molar-refractivity contribution is 5.69. The number of H-pyrrole nitrogens is 1. The van der Waals surface area contributed by atoms with Crippen LogP contribution in [0.5, 0.6) is 0 Å². The second-order valence-electron chi connectivity index (χ2n) is 6.78. The summed E-state index contributed by atoms with van der Waals surface area (Å²) in [4.78, 5) is 15.8. The van der Waals surface area contributed by atoms with Crippen molar-refractivity contribution in [3.8, 4) is 28.6 Å². The fourth-order valence-electron chi connectivity index (χ4n) is 3.39. The first-order valence-electron chi connectivity index (χ1n) is 8.97. The Morgan fingerprint density at radius 1 is 0.966 bits per heavy atom. The summed E-state index contributed by atoms with van der Waals surface area (Å²) < 4.78 is 40.7. The molecule has 3 heterocycles. The molecule has 0 aliphatic rings. The van der Waals surface area contributed by atoms with Crippen LogP contribution in [0, 0.1) is 20.8 Å². The van der Waals surface area contributed by atoms with Crippen LogP contribution in [0.25, 0.3) is 28.6 Å². The second-order valence-corrected chi connectivity index (χ2v) is 6.78. The number of imidazole rings is 1. The third kappa shape index (κ3) is 3.41. The van der Waals surface area contributed by atoms with E-state index in [1.54, 1.807) is 11.5 Å². The van der Waals surface area contributed by atoms with Gasteiger partial charge in [-0.2, -0.15) is 13.2 Å². The van der Waals surface area contributed by atoms with Gasteiger partial charge in [0.2, 0.25) is 5.95 Å². The summed E-state index contributed by atoms with van der Waals surface area (Å²) in [7, 11) is 0. The number of benzene rings is 1. The van der Waals surface area contributed by atoms with E-state index in [-0.39, 0.29) is 5.95 Å². The maximum atomic E-state index is 13.0. The second kappa shape index (κ2) is 6.88. The van der Waals surface area contributed by atoms with Crippen LogP contribution in [0.4, 0.5) is 13.2 Å². The number of aromatic nitrogens is 5. The van der Waals surface area contributed by atoms with Crippen molar-refractivity contribution < 1.29 is 13.2 Å². The predicted molar refractivity (Wildman–Crippen MR) is 104 cm³/mol. The lowest BCUT2D eigenvalue weighted by Crippen LogP contribution is -2.12. The van der Waals surface area contributed by atoms with Gasteiger partial charge in [0.1, 0.15) is 11.5 Å². The van der Waals surface area contributed by atoms with Gasteiger partial charge in [0.15, 0.2) is 0 Å². The van der Waals surface area contributed by atoms with Crippen molar-refractivity contribution in [2.45, 2.75) is 26.9 Å². The molecule has 4 rings (SSSR count). The third-order valence-electron chi connectivity index (χ3n) is 4.75. The van der Waals surface area contributed by atoms with E-state index in [0.717, 1.165) is 34.8 Å². The summed E-state index contributed by atoms with van der Waals surface area (Å²) >= 11 is 0. The lowest BCUT2D eigenvalue weighted by molar-refractivity contribution is -0.141. The first-order chi connectivity index (χ1) is 13.8. The minimum Gasteiger partial charge on any atom is -0.341 e. The van der Waals surface area contributed by atoms with Crippen LogP contribution in [-0.4, -0.2) is 24.5 Å². The molecule has 8 heteroatoms. The molecule has 0 aliphatic heterocycles. The smallest absolute Gasteiger partial charge is 0.341 e. The van der Waals surface area contributed by atoms with Gasteiger partial charge in [0.05, 0.1) is 5.69 Å². The molecule has 0 unspecified atom stereocenters. The van der Waals surface area contributed by atoms with Crippen LogP contribution in [0.15, 0.2) is 48.7 Å². The molecular weight excluding hydrogens is 379 g/mol. The van der Waals surface area contributed by atoms with Crippen LogP contribution in [0.3, 0.4) is 0 Å². The minimum atomic E-state index is -4.53. The van der Waals surface area contributed by atoms with E-state index >= 15 is 0 Å². The Kier molecular flexibility index (Phi) is 4.49. The van der Waals surface area contributed by atoms with Crippen molar-refractivity contribution in [1.82, 2.24) is 24.5 Å². The van der Waals surface area contributed by atoms with Crippen LogP contribution in [0.1, 0.15) is 22.8 Å². The number of rotatable bonds is 3. The van der Waals surface area contributed by atoms with Gasteiger partial charge in [0, 0.05) is 34.4 Å². The number of nitrogens with one attached hydrogen (secondary N) is 1. The van der Waals surface area contributed by atoms with E-state index in [0.29, 0.717) is 17.2 Å². The van der Waals surface area contributed by atoms with Gasteiger partial charge < -0.3 is 4.98 Å². The largest absolute Gasteiger partial charge is 0.433 e. The Morgan fingerprint density at radius 2 is 1.69 bits per heavy atom. The Morgan fingerprint density at radius 3 is 2.38 bits per heavy atom. The molecule has 148 valence electrons. The maximum absolute atomic E-state index is 13.0. The van der Waals surface area contributed by atoms with Crippen molar-refractivity contribution >= 4 is 0 Å². The average Bonchev–Trinajstić information content (AvgIpc) is 3.21. The van der Waals surface area contributed by atoms with Crippen molar-refractivity contribution in [2.75, 3.05) is 0 Å². The molecule has 0 saturated heterocycles. The lowest BCUT2D eigenvalue weighted by atomic mass is 10.1. The quantitative estimate of drug-likeness (QED) is 0.512. The van der Waals surface area contributed by atoms with Crippen LogP contribution >= 0.6 is 0 Å². The molecule has 0 saturated carbocycles. The number of aromatic amines is 1. The molecule has 29 heavy (non-hydrogen) atoms. The topological polar surface area (TPSA) is 59.4 Å². The predicted octanol–water partition coefficient (Wildman–Crippen LogP) is 5.27. The zero-order valence-electron chi connectivity index (χ0n) is 16.0.